The van der Waals surface area contributed by atoms with Crippen LogP contribution in [0.4, 0.5) is 0 Å². The minimum atomic E-state index is -3.78. The van der Waals surface area contributed by atoms with Gasteiger partial charge in [0.1, 0.15) is 6.54 Å². The van der Waals surface area contributed by atoms with Gasteiger partial charge in [-0.1, -0.05) is 6.42 Å². The van der Waals surface area contributed by atoms with Crippen molar-refractivity contribution in [2.24, 2.45) is 5.41 Å². The van der Waals surface area contributed by atoms with Gasteiger partial charge in [0.15, 0.2) is 0 Å². The first-order valence-electron chi connectivity index (χ1n) is 5.09. The van der Waals surface area contributed by atoms with Crippen molar-refractivity contribution in [1.82, 2.24) is 4.72 Å². The summed E-state index contributed by atoms with van der Waals surface area (Å²) in [5.41, 5.74) is -1.00. The second-order valence-electron chi connectivity index (χ2n) is 4.10. The molecule has 1 rings (SSSR count). The largest absolute Gasteiger partial charge is 0.480 e. The molecule has 8 heteroatoms. The fourth-order valence-electron chi connectivity index (χ4n) is 1.81. The van der Waals surface area contributed by atoms with Crippen molar-refractivity contribution in [3.8, 4) is 0 Å². The Morgan fingerprint density at radius 1 is 1.41 bits per heavy atom. The van der Waals surface area contributed by atoms with Crippen LogP contribution in [0.3, 0.4) is 0 Å². The van der Waals surface area contributed by atoms with Crippen LogP contribution in [-0.2, 0) is 24.3 Å². The van der Waals surface area contributed by atoms with Crippen LogP contribution in [0.2, 0.25) is 0 Å². The van der Waals surface area contributed by atoms with Crippen molar-refractivity contribution in [3.05, 3.63) is 0 Å². The molecule has 7 nitrogen and oxygen atoms in total. The van der Waals surface area contributed by atoms with E-state index in [1.54, 1.807) is 0 Å². The Kier molecular flexibility index (Phi) is 4.10. The standard InChI is InChI=1S/C9H15NO6S/c1-16-8(13)9(3-2-4-9)6-17(14,15)10-5-7(11)12/h10H,2-6H2,1H3,(H,11,12). The Hall–Kier alpha value is -1.15. The third kappa shape index (κ3) is 3.40. The first-order valence-corrected chi connectivity index (χ1v) is 6.74. The fraction of sp³-hybridized carbons (Fsp3) is 0.778. The third-order valence-electron chi connectivity index (χ3n) is 2.84. The van der Waals surface area contributed by atoms with E-state index in [4.69, 9.17) is 5.11 Å². The normalized spacial score (nSPS) is 18.2. The summed E-state index contributed by atoms with van der Waals surface area (Å²) in [6.45, 7) is -0.681. The Bertz CT molecular complexity index is 411. The molecule has 0 bridgehead atoms. The molecule has 0 heterocycles. The topological polar surface area (TPSA) is 110 Å². The number of nitrogens with one attached hydrogen (secondary N) is 1. The Labute approximate surface area is 99.2 Å². The first kappa shape index (κ1) is 13.9. The summed E-state index contributed by atoms with van der Waals surface area (Å²) in [4.78, 5) is 21.8. The van der Waals surface area contributed by atoms with E-state index in [0.29, 0.717) is 12.8 Å². The quantitative estimate of drug-likeness (QED) is 0.616. The lowest BCUT2D eigenvalue weighted by Crippen LogP contribution is -2.47. The number of hydrogen-bond acceptors (Lipinski definition) is 5. The van der Waals surface area contributed by atoms with Crippen molar-refractivity contribution < 1.29 is 27.9 Å². The Morgan fingerprint density at radius 2 is 2.00 bits per heavy atom. The molecule has 1 fully saturated rings. The molecule has 2 N–H and O–H groups in total. The highest BCUT2D eigenvalue weighted by molar-refractivity contribution is 7.89. The highest BCUT2D eigenvalue weighted by Gasteiger charge is 2.48. The van der Waals surface area contributed by atoms with Crippen molar-refractivity contribution in [2.45, 2.75) is 19.3 Å². The maximum Gasteiger partial charge on any atom is 0.318 e. The van der Waals surface area contributed by atoms with E-state index in [1.165, 1.54) is 7.11 Å². The van der Waals surface area contributed by atoms with Gasteiger partial charge >= 0.3 is 11.9 Å². The van der Waals surface area contributed by atoms with E-state index in [-0.39, 0.29) is 0 Å². The van der Waals surface area contributed by atoms with Crippen LogP contribution in [0, 0.1) is 5.41 Å². The number of carbonyl (C=O) groups is 2. The number of sulfonamides is 1. The highest BCUT2D eigenvalue weighted by Crippen LogP contribution is 2.42. The lowest BCUT2D eigenvalue weighted by Gasteiger charge is -2.38. The average Bonchev–Trinajstić information content (AvgIpc) is 2.20. The maximum atomic E-state index is 11.6. The number of methoxy groups -OCH3 is 1. The van der Waals surface area contributed by atoms with Gasteiger partial charge in [-0.25, -0.2) is 13.1 Å². The molecule has 0 radical (unpaired) electrons. The van der Waals surface area contributed by atoms with E-state index in [9.17, 15) is 18.0 Å². The smallest absolute Gasteiger partial charge is 0.318 e. The fourth-order valence-corrected chi connectivity index (χ4v) is 3.39. The lowest BCUT2D eigenvalue weighted by atomic mass is 9.70. The minimum absolute atomic E-state index is 0.417. The second kappa shape index (κ2) is 5.01. The zero-order chi connectivity index (χ0) is 13.1. The van der Waals surface area contributed by atoms with Crippen molar-refractivity contribution >= 4 is 22.0 Å². The Balaban J connectivity index is 2.68. The average molecular weight is 265 g/mol. The van der Waals surface area contributed by atoms with Crippen molar-refractivity contribution in [3.63, 3.8) is 0 Å². The molecule has 0 aromatic carbocycles. The second-order valence-corrected chi connectivity index (χ2v) is 5.91. The summed E-state index contributed by atoms with van der Waals surface area (Å²) in [7, 11) is -2.57. The SMILES string of the molecule is COC(=O)C1(CS(=O)(=O)NCC(=O)O)CCC1. The molecule has 1 aliphatic rings. The van der Waals surface area contributed by atoms with E-state index in [0.717, 1.165) is 6.42 Å². The molecule has 0 saturated heterocycles. The van der Waals surface area contributed by atoms with Gasteiger partial charge < -0.3 is 9.84 Å². The van der Waals surface area contributed by atoms with Gasteiger partial charge in [0.25, 0.3) is 0 Å². The summed E-state index contributed by atoms with van der Waals surface area (Å²) in [6.07, 6.45) is 1.67. The molecule has 0 amide bonds. The van der Waals surface area contributed by atoms with Crippen LogP contribution in [-0.4, -0.2) is 44.9 Å². The summed E-state index contributed by atoms with van der Waals surface area (Å²) >= 11 is 0. The summed E-state index contributed by atoms with van der Waals surface area (Å²) in [6, 6.07) is 0. The molecule has 17 heavy (non-hydrogen) atoms. The molecule has 0 unspecified atom stereocenters. The highest BCUT2D eigenvalue weighted by atomic mass is 32.2. The molecule has 0 atom stereocenters. The number of esters is 1. The first-order chi connectivity index (χ1) is 7.81. The number of ether oxygens (including phenoxy) is 1. The van der Waals surface area contributed by atoms with E-state index in [2.05, 4.69) is 4.74 Å². The number of carboxylic acid groups (broad SMARTS) is 1. The molecule has 0 aromatic heterocycles. The van der Waals surface area contributed by atoms with E-state index in [1.807, 2.05) is 4.72 Å². The van der Waals surface area contributed by atoms with Crippen LogP contribution in [0.15, 0.2) is 0 Å². The van der Waals surface area contributed by atoms with Crippen molar-refractivity contribution in [1.29, 1.82) is 0 Å². The minimum Gasteiger partial charge on any atom is -0.480 e. The number of carboxylic acids is 1. The Morgan fingerprint density at radius 3 is 2.35 bits per heavy atom. The van der Waals surface area contributed by atoms with Gasteiger partial charge in [0.05, 0.1) is 18.3 Å². The van der Waals surface area contributed by atoms with Crippen LogP contribution in [0.1, 0.15) is 19.3 Å². The summed E-state index contributed by atoms with van der Waals surface area (Å²) in [5, 5.41) is 8.38. The van der Waals surface area contributed by atoms with Gasteiger partial charge in [0, 0.05) is 0 Å². The number of rotatable bonds is 6. The molecular formula is C9H15NO6S. The summed E-state index contributed by atoms with van der Waals surface area (Å²) in [5.74, 6) is -2.24. The third-order valence-corrected chi connectivity index (χ3v) is 4.36. The predicted octanol–water partition coefficient (Wildman–Crippen LogP) is -0.666. The zero-order valence-electron chi connectivity index (χ0n) is 9.43. The van der Waals surface area contributed by atoms with Crippen LogP contribution < -0.4 is 4.72 Å². The molecule has 1 saturated carbocycles. The van der Waals surface area contributed by atoms with Gasteiger partial charge in [-0.2, -0.15) is 0 Å². The molecule has 98 valence electrons. The summed E-state index contributed by atoms with van der Waals surface area (Å²) < 4.78 is 29.7. The van der Waals surface area contributed by atoms with Crippen LogP contribution >= 0.6 is 0 Å². The maximum absolute atomic E-state index is 11.6. The molecule has 0 aliphatic heterocycles. The number of carbonyl (C=O) groups excluding carboxylic acids is 1. The molecule has 1 aliphatic carbocycles. The van der Waals surface area contributed by atoms with E-state index >= 15 is 0 Å². The van der Waals surface area contributed by atoms with Gasteiger partial charge in [-0.3, -0.25) is 9.59 Å². The van der Waals surface area contributed by atoms with Gasteiger partial charge in [0.2, 0.25) is 10.0 Å². The zero-order valence-corrected chi connectivity index (χ0v) is 10.2. The predicted molar refractivity (Wildman–Crippen MR) is 57.7 cm³/mol. The van der Waals surface area contributed by atoms with Crippen LogP contribution in [0.5, 0.6) is 0 Å². The lowest BCUT2D eigenvalue weighted by molar-refractivity contribution is -0.156. The number of aliphatic carboxylic acids is 1. The van der Waals surface area contributed by atoms with E-state index < -0.39 is 39.7 Å². The van der Waals surface area contributed by atoms with Gasteiger partial charge in [-0.15, -0.1) is 0 Å². The number of hydrogen-bond donors (Lipinski definition) is 2. The van der Waals surface area contributed by atoms with Crippen molar-refractivity contribution in [2.75, 3.05) is 19.4 Å². The van der Waals surface area contributed by atoms with Gasteiger partial charge in [-0.05, 0) is 12.8 Å². The van der Waals surface area contributed by atoms with Crippen LogP contribution in [0.25, 0.3) is 0 Å². The molecular weight excluding hydrogens is 250 g/mol. The molecule has 0 aromatic rings. The molecule has 0 spiro atoms. The monoisotopic (exact) mass is 265 g/mol.